The van der Waals surface area contributed by atoms with Gasteiger partial charge in [0.1, 0.15) is 0 Å². The number of hydrogen-bond acceptors (Lipinski definition) is 2. The van der Waals surface area contributed by atoms with Gasteiger partial charge in [0.2, 0.25) is 0 Å². The van der Waals surface area contributed by atoms with Gasteiger partial charge in [0.05, 0.1) is 20.8 Å². The van der Waals surface area contributed by atoms with E-state index < -0.39 is 0 Å². The van der Waals surface area contributed by atoms with Crippen LogP contribution in [-0.4, -0.2) is 0 Å². The van der Waals surface area contributed by atoms with E-state index >= 15 is 0 Å². The molecule has 0 aliphatic rings. The van der Waals surface area contributed by atoms with Crippen LogP contribution in [0.3, 0.4) is 0 Å². The molecule has 1 aromatic carbocycles. The van der Waals surface area contributed by atoms with Crippen LogP contribution in [0.1, 0.15) is 4.88 Å². The van der Waals surface area contributed by atoms with Crippen molar-refractivity contribution in [3.05, 3.63) is 48.0 Å². The third-order valence-electron chi connectivity index (χ3n) is 2.11. The maximum atomic E-state index is 6.12. The molecule has 0 aliphatic heterocycles. The first kappa shape index (κ1) is 13.5. The van der Waals surface area contributed by atoms with Gasteiger partial charge in [-0.15, -0.1) is 11.3 Å². The molecular formula is C11H7BrCl3NS. The van der Waals surface area contributed by atoms with Gasteiger partial charge in [-0.25, -0.2) is 0 Å². The van der Waals surface area contributed by atoms with Crippen LogP contribution in [0.15, 0.2) is 28.1 Å². The van der Waals surface area contributed by atoms with Crippen molar-refractivity contribution in [3.63, 3.8) is 0 Å². The normalized spacial score (nSPS) is 10.6. The number of nitrogens with one attached hydrogen (secondary N) is 1. The van der Waals surface area contributed by atoms with Gasteiger partial charge in [-0.2, -0.15) is 0 Å². The predicted molar refractivity (Wildman–Crippen MR) is 80.8 cm³/mol. The molecule has 0 unspecified atom stereocenters. The minimum atomic E-state index is 0.515. The van der Waals surface area contributed by atoms with Crippen molar-refractivity contribution in [2.45, 2.75) is 6.54 Å². The highest BCUT2D eigenvalue weighted by Gasteiger charge is 2.08. The third-order valence-corrected chi connectivity index (χ3v) is 5.17. The minimum Gasteiger partial charge on any atom is -0.379 e. The van der Waals surface area contributed by atoms with Crippen LogP contribution in [0.5, 0.6) is 0 Å². The van der Waals surface area contributed by atoms with E-state index in [0.29, 0.717) is 16.6 Å². The molecule has 2 aromatic rings. The Balaban J connectivity index is 2.12. The summed E-state index contributed by atoms with van der Waals surface area (Å²) in [5, 5.41) is 6.91. The van der Waals surface area contributed by atoms with Crippen molar-refractivity contribution in [2.75, 3.05) is 5.32 Å². The van der Waals surface area contributed by atoms with Gasteiger partial charge in [0.25, 0.3) is 0 Å². The van der Waals surface area contributed by atoms with E-state index in [1.54, 1.807) is 11.3 Å². The van der Waals surface area contributed by atoms with E-state index in [2.05, 4.69) is 21.2 Å². The lowest BCUT2D eigenvalue weighted by atomic mass is 10.3. The summed E-state index contributed by atoms with van der Waals surface area (Å²) in [7, 11) is 0. The molecule has 0 amide bonds. The summed E-state index contributed by atoms with van der Waals surface area (Å²) in [6.07, 6.45) is 0. The first-order chi connectivity index (χ1) is 8.08. The molecule has 90 valence electrons. The van der Waals surface area contributed by atoms with Gasteiger partial charge in [-0.05, 0) is 34.1 Å². The van der Waals surface area contributed by atoms with Gasteiger partial charge in [0, 0.05) is 21.3 Å². The lowest BCUT2D eigenvalue weighted by molar-refractivity contribution is 1.19. The van der Waals surface area contributed by atoms with Crippen molar-refractivity contribution >= 4 is 67.8 Å². The Morgan fingerprint density at radius 3 is 2.59 bits per heavy atom. The standard InChI is InChI=1S/C11H7BrCl3NS/c12-8-1-2-9(11(15)10(8)14)16-4-7-3-6(13)5-17-7/h1-3,5,16H,4H2. The number of rotatable bonds is 3. The Morgan fingerprint density at radius 1 is 1.18 bits per heavy atom. The summed E-state index contributed by atoms with van der Waals surface area (Å²) in [6, 6.07) is 5.67. The number of hydrogen-bond donors (Lipinski definition) is 1. The van der Waals surface area contributed by atoms with E-state index in [1.807, 2.05) is 23.6 Å². The van der Waals surface area contributed by atoms with Crippen molar-refractivity contribution in [1.29, 1.82) is 0 Å². The van der Waals surface area contributed by atoms with Gasteiger partial charge in [-0.1, -0.05) is 34.8 Å². The van der Waals surface area contributed by atoms with Crippen LogP contribution < -0.4 is 5.32 Å². The topological polar surface area (TPSA) is 12.0 Å². The Morgan fingerprint density at radius 2 is 1.94 bits per heavy atom. The zero-order chi connectivity index (χ0) is 12.4. The Kier molecular flexibility index (Phi) is 4.61. The van der Waals surface area contributed by atoms with Crippen molar-refractivity contribution < 1.29 is 0 Å². The highest BCUT2D eigenvalue weighted by atomic mass is 79.9. The second-order valence-electron chi connectivity index (χ2n) is 3.31. The summed E-state index contributed by atoms with van der Waals surface area (Å²) in [5.74, 6) is 0. The molecule has 1 heterocycles. The molecule has 1 aromatic heterocycles. The first-order valence-electron chi connectivity index (χ1n) is 4.68. The Bertz CT molecular complexity index is 542. The van der Waals surface area contributed by atoms with Gasteiger partial charge < -0.3 is 5.32 Å². The zero-order valence-electron chi connectivity index (χ0n) is 8.44. The van der Waals surface area contributed by atoms with Crippen molar-refractivity contribution in [3.8, 4) is 0 Å². The maximum Gasteiger partial charge on any atom is 0.0835 e. The highest BCUT2D eigenvalue weighted by Crippen LogP contribution is 2.36. The van der Waals surface area contributed by atoms with E-state index in [4.69, 9.17) is 34.8 Å². The molecule has 6 heteroatoms. The molecule has 1 N–H and O–H groups in total. The van der Waals surface area contributed by atoms with Crippen LogP contribution in [0.2, 0.25) is 15.1 Å². The van der Waals surface area contributed by atoms with Gasteiger partial charge in [-0.3, -0.25) is 0 Å². The zero-order valence-corrected chi connectivity index (χ0v) is 13.1. The number of halogens is 4. The molecule has 0 aliphatic carbocycles. The van der Waals surface area contributed by atoms with Gasteiger partial charge in [0.15, 0.2) is 0 Å². The van der Waals surface area contributed by atoms with Gasteiger partial charge >= 0.3 is 0 Å². The second-order valence-corrected chi connectivity index (χ2v) is 6.35. The van der Waals surface area contributed by atoms with Crippen LogP contribution in [0.25, 0.3) is 0 Å². The Hall–Kier alpha value is 0.0700. The quantitative estimate of drug-likeness (QED) is 0.645. The fraction of sp³-hybridized carbons (Fsp3) is 0.0909. The first-order valence-corrected chi connectivity index (χ1v) is 7.49. The van der Waals surface area contributed by atoms with E-state index in [1.165, 1.54) is 0 Å². The maximum absolute atomic E-state index is 6.12. The molecule has 0 atom stereocenters. The largest absolute Gasteiger partial charge is 0.379 e. The molecule has 1 nitrogen and oxygen atoms in total. The van der Waals surface area contributed by atoms with Crippen LogP contribution in [0, 0.1) is 0 Å². The second kappa shape index (κ2) is 5.81. The predicted octanol–water partition coefficient (Wildman–Crippen LogP) is 6.08. The average Bonchev–Trinajstić information content (AvgIpc) is 2.71. The summed E-state index contributed by atoms with van der Waals surface area (Å²) >= 11 is 22.9. The number of thiophene rings is 1. The molecule has 0 radical (unpaired) electrons. The van der Waals surface area contributed by atoms with E-state index in [9.17, 15) is 0 Å². The lowest BCUT2D eigenvalue weighted by Crippen LogP contribution is -1.98. The highest BCUT2D eigenvalue weighted by molar-refractivity contribution is 9.10. The molecule has 0 fully saturated rings. The monoisotopic (exact) mass is 369 g/mol. The van der Waals surface area contributed by atoms with E-state index in [-0.39, 0.29) is 0 Å². The number of benzene rings is 1. The fourth-order valence-corrected chi connectivity index (χ4v) is 3.14. The molecule has 2 rings (SSSR count). The molecule has 0 spiro atoms. The third kappa shape index (κ3) is 3.30. The molecule has 0 bridgehead atoms. The van der Waals surface area contributed by atoms with E-state index in [0.717, 1.165) is 20.1 Å². The number of anilines is 1. The average molecular weight is 372 g/mol. The summed E-state index contributed by atoms with van der Waals surface area (Å²) < 4.78 is 0.786. The SMILES string of the molecule is Clc1csc(CNc2ccc(Br)c(Cl)c2Cl)c1. The van der Waals surface area contributed by atoms with Crippen molar-refractivity contribution in [2.24, 2.45) is 0 Å². The Labute approximate surface area is 127 Å². The summed E-state index contributed by atoms with van der Waals surface area (Å²) in [6.45, 7) is 0.676. The van der Waals surface area contributed by atoms with Crippen LogP contribution in [-0.2, 0) is 6.54 Å². The summed E-state index contributed by atoms with van der Waals surface area (Å²) in [4.78, 5) is 1.14. The minimum absolute atomic E-state index is 0.515. The van der Waals surface area contributed by atoms with Crippen LogP contribution in [0.4, 0.5) is 5.69 Å². The smallest absolute Gasteiger partial charge is 0.0835 e. The fourth-order valence-electron chi connectivity index (χ4n) is 1.29. The molecule has 17 heavy (non-hydrogen) atoms. The molecule has 0 saturated heterocycles. The molecular weight excluding hydrogens is 364 g/mol. The van der Waals surface area contributed by atoms with Crippen molar-refractivity contribution in [1.82, 2.24) is 0 Å². The molecule has 0 saturated carbocycles. The lowest BCUT2D eigenvalue weighted by Gasteiger charge is -2.09. The van der Waals surface area contributed by atoms with Crippen LogP contribution >= 0.6 is 62.1 Å². The summed E-state index contributed by atoms with van der Waals surface area (Å²) in [5.41, 5.74) is 0.810.